The van der Waals surface area contributed by atoms with E-state index in [1.54, 1.807) is 4.90 Å². The molecule has 1 fully saturated rings. The molecule has 1 atom stereocenters. The Morgan fingerprint density at radius 2 is 2.12 bits per heavy atom. The van der Waals surface area contributed by atoms with Crippen molar-refractivity contribution in [1.82, 2.24) is 15.1 Å². The van der Waals surface area contributed by atoms with Crippen LogP contribution in [0.25, 0.3) is 0 Å². The number of aryl methyl sites for hydroxylation is 3. The van der Waals surface area contributed by atoms with Crippen LogP contribution in [0.1, 0.15) is 35.4 Å². The number of aromatic amines is 1. The molecular formula is C20H27N3O3. The molecule has 1 aliphatic heterocycles. The van der Waals surface area contributed by atoms with Gasteiger partial charge in [0, 0.05) is 17.8 Å². The van der Waals surface area contributed by atoms with Crippen LogP contribution in [-0.2, 0) is 11.2 Å². The number of aliphatic hydroxyl groups is 1. The number of nitrogens with one attached hydrogen (secondary N) is 1. The number of para-hydroxylation sites is 1. The Morgan fingerprint density at radius 3 is 2.81 bits per heavy atom. The smallest absolute Gasteiger partial charge is 0.227 e. The van der Waals surface area contributed by atoms with Gasteiger partial charge in [0.15, 0.2) is 0 Å². The number of hydrogen-bond acceptors (Lipinski definition) is 4. The Morgan fingerprint density at radius 1 is 1.35 bits per heavy atom. The zero-order chi connectivity index (χ0) is 18.7. The van der Waals surface area contributed by atoms with E-state index >= 15 is 0 Å². The fraction of sp³-hybridized carbons (Fsp3) is 0.500. The maximum absolute atomic E-state index is 12.7. The van der Waals surface area contributed by atoms with Gasteiger partial charge >= 0.3 is 0 Å². The third kappa shape index (κ3) is 4.07. The normalized spacial score (nSPS) is 20.2. The maximum Gasteiger partial charge on any atom is 0.227 e. The number of hydrogen-bond donors (Lipinski definition) is 2. The number of piperidine rings is 1. The first kappa shape index (κ1) is 18.5. The standard InChI is InChI=1S/C20H27N3O3/c1-14-7-4-5-8-18(14)26-13-20(25)9-6-10-23(12-20)19(24)11-17-15(2)21-22-16(17)3/h4-5,7-8,25H,6,9-13H2,1-3H3,(H,21,22)/t20-/m1/s1. The summed E-state index contributed by atoms with van der Waals surface area (Å²) in [5.41, 5.74) is 2.74. The van der Waals surface area contributed by atoms with Gasteiger partial charge in [0.25, 0.3) is 0 Å². The lowest BCUT2D eigenvalue weighted by molar-refractivity contribution is -0.139. The van der Waals surface area contributed by atoms with Gasteiger partial charge in [0.1, 0.15) is 18.0 Å². The van der Waals surface area contributed by atoms with Crippen molar-refractivity contribution in [1.29, 1.82) is 0 Å². The Balaban J connectivity index is 1.62. The molecule has 1 aromatic carbocycles. The first-order valence-corrected chi connectivity index (χ1v) is 9.07. The topological polar surface area (TPSA) is 78.5 Å². The number of rotatable bonds is 5. The van der Waals surface area contributed by atoms with Crippen molar-refractivity contribution < 1.29 is 14.6 Å². The molecule has 2 N–H and O–H groups in total. The molecular weight excluding hydrogens is 330 g/mol. The predicted octanol–water partition coefficient (Wildman–Crippen LogP) is 2.31. The van der Waals surface area contributed by atoms with Gasteiger partial charge in [-0.3, -0.25) is 9.89 Å². The van der Waals surface area contributed by atoms with Crippen molar-refractivity contribution in [2.45, 2.75) is 45.6 Å². The van der Waals surface area contributed by atoms with Crippen molar-refractivity contribution in [2.75, 3.05) is 19.7 Å². The van der Waals surface area contributed by atoms with Gasteiger partial charge in [0.05, 0.1) is 18.7 Å². The van der Waals surface area contributed by atoms with Crippen LogP contribution in [-0.4, -0.2) is 51.4 Å². The number of amides is 1. The predicted molar refractivity (Wildman–Crippen MR) is 99.2 cm³/mol. The van der Waals surface area contributed by atoms with Crippen LogP contribution >= 0.6 is 0 Å². The number of aromatic nitrogens is 2. The van der Waals surface area contributed by atoms with Gasteiger partial charge in [-0.2, -0.15) is 5.10 Å². The molecule has 140 valence electrons. The summed E-state index contributed by atoms with van der Waals surface area (Å²) in [6, 6.07) is 7.75. The average Bonchev–Trinajstić information content (AvgIpc) is 2.93. The van der Waals surface area contributed by atoms with Gasteiger partial charge in [-0.05, 0) is 45.2 Å². The van der Waals surface area contributed by atoms with Crippen LogP contribution in [0.4, 0.5) is 0 Å². The summed E-state index contributed by atoms with van der Waals surface area (Å²) in [7, 11) is 0. The molecule has 0 saturated carbocycles. The highest BCUT2D eigenvalue weighted by Gasteiger charge is 2.36. The number of carbonyl (C=O) groups excluding carboxylic acids is 1. The molecule has 0 unspecified atom stereocenters. The average molecular weight is 357 g/mol. The summed E-state index contributed by atoms with van der Waals surface area (Å²) in [6.45, 7) is 6.95. The number of carbonyl (C=O) groups is 1. The molecule has 0 radical (unpaired) electrons. The van der Waals surface area contributed by atoms with Gasteiger partial charge in [-0.1, -0.05) is 18.2 Å². The van der Waals surface area contributed by atoms with E-state index in [1.807, 2.05) is 45.0 Å². The van der Waals surface area contributed by atoms with Crippen LogP contribution in [0, 0.1) is 20.8 Å². The number of nitrogens with zero attached hydrogens (tertiary/aromatic N) is 2. The first-order chi connectivity index (χ1) is 12.4. The molecule has 1 aliphatic rings. The van der Waals surface area contributed by atoms with Crippen LogP contribution in [0.3, 0.4) is 0 Å². The largest absolute Gasteiger partial charge is 0.490 e. The second kappa shape index (κ2) is 7.50. The van der Waals surface area contributed by atoms with E-state index in [9.17, 15) is 9.90 Å². The van der Waals surface area contributed by atoms with Crippen LogP contribution < -0.4 is 4.74 Å². The van der Waals surface area contributed by atoms with Crippen molar-refractivity contribution >= 4 is 5.91 Å². The lowest BCUT2D eigenvalue weighted by Crippen LogP contribution is -2.53. The molecule has 6 nitrogen and oxygen atoms in total. The zero-order valence-corrected chi connectivity index (χ0v) is 15.7. The van der Waals surface area contributed by atoms with Crippen molar-refractivity contribution in [3.05, 3.63) is 46.8 Å². The fourth-order valence-electron chi connectivity index (χ4n) is 3.47. The van der Waals surface area contributed by atoms with E-state index in [0.717, 1.165) is 34.7 Å². The third-order valence-electron chi connectivity index (χ3n) is 5.11. The number of H-pyrrole nitrogens is 1. The van der Waals surface area contributed by atoms with E-state index in [-0.39, 0.29) is 12.5 Å². The van der Waals surface area contributed by atoms with E-state index in [0.29, 0.717) is 25.9 Å². The fourth-order valence-corrected chi connectivity index (χ4v) is 3.47. The molecule has 2 aromatic rings. The van der Waals surface area contributed by atoms with Crippen LogP contribution in [0.15, 0.2) is 24.3 Å². The van der Waals surface area contributed by atoms with Crippen LogP contribution in [0.5, 0.6) is 5.75 Å². The molecule has 1 aromatic heterocycles. The molecule has 26 heavy (non-hydrogen) atoms. The summed E-state index contributed by atoms with van der Waals surface area (Å²) in [6.07, 6.45) is 1.71. The summed E-state index contributed by atoms with van der Waals surface area (Å²) in [5.74, 6) is 0.792. The van der Waals surface area contributed by atoms with E-state index in [2.05, 4.69) is 10.2 Å². The summed E-state index contributed by atoms with van der Waals surface area (Å²) in [4.78, 5) is 14.5. The zero-order valence-electron chi connectivity index (χ0n) is 15.7. The highest BCUT2D eigenvalue weighted by atomic mass is 16.5. The lowest BCUT2D eigenvalue weighted by Gasteiger charge is -2.39. The minimum atomic E-state index is -1.02. The third-order valence-corrected chi connectivity index (χ3v) is 5.11. The maximum atomic E-state index is 12.7. The molecule has 1 saturated heterocycles. The van der Waals surface area contributed by atoms with Gasteiger partial charge < -0.3 is 14.7 Å². The highest BCUT2D eigenvalue weighted by Crippen LogP contribution is 2.25. The Labute approximate surface area is 154 Å². The second-order valence-corrected chi connectivity index (χ2v) is 7.29. The van der Waals surface area contributed by atoms with Crippen LogP contribution in [0.2, 0.25) is 0 Å². The van der Waals surface area contributed by atoms with Crippen molar-refractivity contribution in [3.63, 3.8) is 0 Å². The van der Waals surface area contributed by atoms with Gasteiger partial charge in [-0.15, -0.1) is 0 Å². The Bertz CT molecular complexity index is 767. The van der Waals surface area contributed by atoms with E-state index in [1.165, 1.54) is 0 Å². The Hall–Kier alpha value is -2.34. The first-order valence-electron chi connectivity index (χ1n) is 9.07. The summed E-state index contributed by atoms with van der Waals surface area (Å²) in [5, 5.41) is 18.0. The minimum Gasteiger partial charge on any atom is -0.490 e. The molecule has 0 bridgehead atoms. The number of ether oxygens (including phenoxy) is 1. The molecule has 1 amide bonds. The molecule has 2 heterocycles. The molecule has 6 heteroatoms. The Kier molecular flexibility index (Phi) is 5.32. The van der Waals surface area contributed by atoms with Gasteiger partial charge in [-0.25, -0.2) is 0 Å². The highest BCUT2D eigenvalue weighted by molar-refractivity contribution is 5.79. The number of likely N-dealkylation sites (tertiary alicyclic amines) is 1. The van der Waals surface area contributed by atoms with Crippen molar-refractivity contribution in [3.8, 4) is 5.75 Å². The van der Waals surface area contributed by atoms with E-state index in [4.69, 9.17) is 4.74 Å². The second-order valence-electron chi connectivity index (χ2n) is 7.29. The molecule has 0 spiro atoms. The van der Waals surface area contributed by atoms with E-state index < -0.39 is 5.60 Å². The van der Waals surface area contributed by atoms with Gasteiger partial charge in [0.2, 0.25) is 5.91 Å². The number of β-amino-alcohol motifs (C(OH)–C–C–N with tert-alkyl or cyclic N) is 1. The van der Waals surface area contributed by atoms with Crippen molar-refractivity contribution in [2.24, 2.45) is 0 Å². The molecule has 3 rings (SSSR count). The molecule has 0 aliphatic carbocycles. The monoisotopic (exact) mass is 357 g/mol. The minimum absolute atomic E-state index is 0.0200. The number of benzene rings is 1. The summed E-state index contributed by atoms with van der Waals surface area (Å²) >= 11 is 0. The SMILES string of the molecule is Cc1ccccc1OC[C@@]1(O)CCCN(C(=O)Cc2c(C)n[nH]c2C)C1. The summed E-state index contributed by atoms with van der Waals surface area (Å²) < 4.78 is 5.85. The quantitative estimate of drug-likeness (QED) is 0.861. The lowest BCUT2D eigenvalue weighted by atomic mass is 9.93.